The molecule has 5 rings (SSSR count). The Morgan fingerprint density at radius 2 is 2.00 bits per heavy atom. The molecule has 0 amide bonds. The lowest BCUT2D eigenvalue weighted by molar-refractivity contribution is -0.112. The van der Waals surface area contributed by atoms with Crippen molar-refractivity contribution in [3.8, 4) is 0 Å². The fraction of sp³-hybridized carbons (Fsp3) is 0.880. The summed E-state index contributed by atoms with van der Waals surface area (Å²) in [7, 11) is 0. The maximum Gasteiger partial charge on any atom is 0.136 e. The van der Waals surface area contributed by atoms with E-state index >= 15 is 0 Å². The number of nitrogens with two attached hydrogens (primary N) is 1. The van der Waals surface area contributed by atoms with E-state index in [-0.39, 0.29) is 11.5 Å². The Balaban J connectivity index is 1.17. The molecular formula is C25H41N5O2. The third-order valence-electron chi connectivity index (χ3n) is 10.0. The topological polar surface area (TPSA) is 98.6 Å². The quantitative estimate of drug-likeness (QED) is 0.517. The van der Waals surface area contributed by atoms with Crippen LogP contribution in [-0.4, -0.2) is 45.1 Å². The lowest BCUT2D eigenvalue weighted by Gasteiger charge is -2.60. The van der Waals surface area contributed by atoms with Gasteiger partial charge in [0.2, 0.25) is 0 Å². The average Bonchev–Trinajstić information content (AvgIpc) is 3.35. The smallest absolute Gasteiger partial charge is 0.136 e. The van der Waals surface area contributed by atoms with Crippen LogP contribution in [0.2, 0.25) is 0 Å². The van der Waals surface area contributed by atoms with Gasteiger partial charge in [-0.05, 0) is 98.8 Å². The summed E-state index contributed by atoms with van der Waals surface area (Å²) in [6, 6.07) is 0. The van der Waals surface area contributed by atoms with Gasteiger partial charge in [0.05, 0.1) is 24.1 Å². The number of nitrogens with zero attached hydrogens (tertiary/aromatic N) is 4. The molecule has 4 aliphatic rings. The zero-order chi connectivity index (χ0) is 22.3. The monoisotopic (exact) mass is 443 g/mol. The molecule has 0 bridgehead atoms. The summed E-state index contributed by atoms with van der Waals surface area (Å²) < 4.78 is 1.81. The number of fused-ring (bicyclic) bond motifs is 5. The normalized spacial score (nSPS) is 42.4. The third kappa shape index (κ3) is 3.79. The van der Waals surface area contributed by atoms with Crippen molar-refractivity contribution < 1.29 is 9.94 Å². The van der Waals surface area contributed by atoms with Crippen LogP contribution >= 0.6 is 0 Å². The molecule has 0 radical (unpaired) electrons. The minimum absolute atomic E-state index is 0.0778. The Bertz CT molecular complexity index is 840. The predicted octanol–water partition coefficient (Wildman–Crippen LogP) is 3.56. The van der Waals surface area contributed by atoms with Crippen LogP contribution in [0.1, 0.15) is 77.3 Å². The van der Waals surface area contributed by atoms with E-state index in [0.29, 0.717) is 25.1 Å². The van der Waals surface area contributed by atoms with E-state index in [1.165, 1.54) is 44.2 Å². The molecule has 32 heavy (non-hydrogen) atoms. The second kappa shape index (κ2) is 8.71. The number of hydrogen-bond acceptors (Lipinski definition) is 6. The van der Waals surface area contributed by atoms with Gasteiger partial charge in [0.25, 0.3) is 0 Å². The zero-order valence-corrected chi connectivity index (χ0v) is 19.9. The molecule has 7 nitrogen and oxygen atoms in total. The van der Waals surface area contributed by atoms with E-state index in [1.54, 1.807) is 4.68 Å². The van der Waals surface area contributed by atoms with E-state index < -0.39 is 0 Å². The molecule has 1 aromatic rings. The molecule has 4 aliphatic carbocycles. The summed E-state index contributed by atoms with van der Waals surface area (Å²) in [4.78, 5) is 5.69. The maximum absolute atomic E-state index is 10.7. The van der Waals surface area contributed by atoms with Crippen LogP contribution in [0.3, 0.4) is 0 Å². The summed E-state index contributed by atoms with van der Waals surface area (Å²) in [5, 5.41) is 23.4. The predicted molar refractivity (Wildman–Crippen MR) is 124 cm³/mol. The average molecular weight is 444 g/mol. The number of hydrogen-bond donors (Lipinski definition) is 2. The fourth-order valence-corrected chi connectivity index (χ4v) is 8.10. The van der Waals surface area contributed by atoms with Crippen molar-refractivity contribution in [2.24, 2.45) is 45.4 Å². The highest BCUT2D eigenvalue weighted by molar-refractivity contribution is 5.85. The van der Waals surface area contributed by atoms with Gasteiger partial charge in [-0.2, -0.15) is 0 Å². The van der Waals surface area contributed by atoms with E-state index in [1.807, 2.05) is 6.20 Å². The minimum Gasteiger partial charge on any atom is -0.394 e. The third-order valence-corrected chi connectivity index (χ3v) is 10.0. The molecule has 7 atom stereocenters. The number of aromatic nitrogens is 3. The summed E-state index contributed by atoms with van der Waals surface area (Å²) in [6.45, 7) is 6.72. The van der Waals surface area contributed by atoms with Crippen molar-refractivity contribution in [1.29, 1.82) is 0 Å². The van der Waals surface area contributed by atoms with Crippen LogP contribution in [0, 0.1) is 34.5 Å². The summed E-state index contributed by atoms with van der Waals surface area (Å²) in [6.07, 6.45) is 13.4. The molecule has 4 unspecified atom stereocenters. The van der Waals surface area contributed by atoms with E-state index in [0.717, 1.165) is 55.0 Å². The molecule has 0 saturated heterocycles. The van der Waals surface area contributed by atoms with Crippen molar-refractivity contribution in [2.75, 3.05) is 13.2 Å². The Labute approximate surface area is 192 Å². The van der Waals surface area contributed by atoms with Crippen LogP contribution in [-0.2, 0) is 17.8 Å². The zero-order valence-electron chi connectivity index (χ0n) is 19.9. The highest BCUT2D eigenvalue weighted by Crippen LogP contribution is 2.65. The lowest BCUT2D eigenvalue weighted by atomic mass is 9.45. The van der Waals surface area contributed by atoms with E-state index in [9.17, 15) is 5.11 Å². The molecule has 0 spiro atoms. The Morgan fingerprint density at radius 1 is 1.16 bits per heavy atom. The molecule has 0 aromatic carbocycles. The SMILES string of the molecule is C[C@]12CCC(=NOCCn3cc(CCN)nn3)CC1CCC1C2CC[C@@]2(C)C1CC[C@@H]2O. The Hall–Kier alpha value is -1.47. The molecule has 1 aromatic heterocycles. The van der Waals surface area contributed by atoms with Gasteiger partial charge in [0.1, 0.15) is 6.61 Å². The summed E-state index contributed by atoms with van der Waals surface area (Å²) in [5.74, 6) is 3.09. The summed E-state index contributed by atoms with van der Waals surface area (Å²) in [5.41, 5.74) is 8.34. The largest absolute Gasteiger partial charge is 0.394 e. The van der Waals surface area contributed by atoms with E-state index in [4.69, 9.17) is 10.6 Å². The van der Waals surface area contributed by atoms with Gasteiger partial charge in [-0.3, -0.25) is 0 Å². The second-order valence-corrected chi connectivity index (χ2v) is 11.5. The first-order valence-electron chi connectivity index (χ1n) is 12.9. The molecule has 4 saturated carbocycles. The van der Waals surface area contributed by atoms with Crippen LogP contribution < -0.4 is 5.73 Å². The molecule has 0 aliphatic heterocycles. The van der Waals surface area contributed by atoms with Crippen molar-refractivity contribution in [3.63, 3.8) is 0 Å². The van der Waals surface area contributed by atoms with Crippen molar-refractivity contribution in [1.82, 2.24) is 15.0 Å². The van der Waals surface area contributed by atoms with Gasteiger partial charge in [0.15, 0.2) is 0 Å². The lowest BCUT2D eigenvalue weighted by Crippen LogP contribution is -2.54. The van der Waals surface area contributed by atoms with Gasteiger partial charge < -0.3 is 15.7 Å². The van der Waals surface area contributed by atoms with Crippen LogP contribution in [0.5, 0.6) is 0 Å². The molecule has 4 fully saturated rings. The number of aliphatic hydroxyl groups is 1. The minimum atomic E-state index is -0.0778. The number of oxime groups is 1. The molecule has 178 valence electrons. The first-order valence-corrected chi connectivity index (χ1v) is 12.9. The second-order valence-electron chi connectivity index (χ2n) is 11.5. The molecular weight excluding hydrogens is 402 g/mol. The Kier molecular flexibility index (Phi) is 6.08. The van der Waals surface area contributed by atoms with Crippen LogP contribution in [0.15, 0.2) is 11.4 Å². The van der Waals surface area contributed by atoms with Crippen molar-refractivity contribution in [2.45, 2.75) is 90.7 Å². The highest BCUT2D eigenvalue weighted by atomic mass is 16.6. The standard InChI is InChI=1S/C25H41N5O2/c1-24-10-7-18(28-32-14-13-30-16-19(9-12-26)27-29-30)15-17(24)3-4-20-21-5-6-23(31)25(21,2)11-8-22(20)24/h16-17,20-23,31H,3-15,26H2,1-2H3/t17?,20?,21?,22?,23-,24-,25-/m0/s1. The van der Waals surface area contributed by atoms with E-state index in [2.05, 4.69) is 29.3 Å². The van der Waals surface area contributed by atoms with Crippen LogP contribution in [0.4, 0.5) is 0 Å². The molecule has 7 heteroatoms. The molecule has 3 N–H and O–H groups in total. The number of aliphatic hydroxyl groups excluding tert-OH is 1. The van der Waals surface area contributed by atoms with Gasteiger partial charge in [0, 0.05) is 12.6 Å². The first kappa shape index (κ1) is 22.3. The maximum atomic E-state index is 10.7. The molecule has 1 heterocycles. The van der Waals surface area contributed by atoms with Gasteiger partial charge in [-0.25, -0.2) is 4.68 Å². The Morgan fingerprint density at radius 3 is 2.84 bits per heavy atom. The van der Waals surface area contributed by atoms with Gasteiger partial charge in [-0.1, -0.05) is 24.2 Å². The van der Waals surface area contributed by atoms with Crippen molar-refractivity contribution in [3.05, 3.63) is 11.9 Å². The fourth-order valence-electron chi connectivity index (χ4n) is 8.10. The van der Waals surface area contributed by atoms with Crippen molar-refractivity contribution >= 4 is 5.71 Å². The van der Waals surface area contributed by atoms with Gasteiger partial charge in [-0.15, -0.1) is 5.10 Å². The highest BCUT2D eigenvalue weighted by Gasteiger charge is 2.59. The number of rotatable bonds is 6. The van der Waals surface area contributed by atoms with Gasteiger partial charge >= 0.3 is 0 Å². The van der Waals surface area contributed by atoms with Crippen LogP contribution in [0.25, 0.3) is 0 Å². The summed E-state index contributed by atoms with van der Waals surface area (Å²) >= 11 is 0. The first-order chi connectivity index (χ1) is 15.4.